The molecule has 1 heterocycles. The molecule has 2 rings (SSSR count). The van der Waals surface area contributed by atoms with Crippen LogP contribution in [0.15, 0.2) is 4.52 Å². The molecule has 2 N–H and O–H groups in total. The van der Waals surface area contributed by atoms with Crippen molar-refractivity contribution in [2.45, 2.75) is 57.9 Å². The normalized spacial score (nSPS) is 28.5. The SMILES string of the molecule is CCC1CCC(N)(c2noc(CC(C)COC)n2)CC1. The van der Waals surface area contributed by atoms with Crippen LogP contribution in [0, 0.1) is 11.8 Å². The van der Waals surface area contributed by atoms with Crippen LogP contribution in [0.4, 0.5) is 0 Å². The van der Waals surface area contributed by atoms with Gasteiger partial charge in [0.05, 0.1) is 5.54 Å². The number of ether oxygens (including phenoxy) is 1. The number of nitrogens with two attached hydrogens (primary N) is 1. The second-order valence-electron chi connectivity index (χ2n) is 6.28. The maximum atomic E-state index is 6.49. The number of hydrogen-bond acceptors (Lipinski definition) is 5. The van der Waals surface area contributed by atoms with E-state index in [9.17, 15) is 0 Å². The number of methoxy groups -OCH3 is 1. The zero-order chi connectivity index (χ0) is 14.6. The Morgan fingerprint density at radius 3 is 2.75 bits per heavy atom. The fourth-order valence-corrected chi connectivity index (χ4v) is 3.01. The topological polar surface area (TPSA) is 74.2 Å². The number of nitrogens with zero attached hydrogens (tertiary/aromatic N) is 2. The Bertz CT molecular complexity index is 411. The van der Waals surface area contributed by atoms with E-state index in [0.717, 1.165) is 38.0 Å². The van der Waals surface area contributed by atoms with E-state index in [1.165, 1.54) is 6.42 Å². The van der Waals surface area contributed by atoms with Crippen molar-refractivity contribution in [3.63, 3.8) is 0 Å². The molecule has 0 radical (unpaired) electrons. The Morgan fingerprint density at radius 1 is 1.45 bits per heavy atom. The molecule has 0 saturated heterocycles. The lowest BCUT2D eigenvalue weighted by atomic mass is 9.76. The second-order valence-corrected chi connectivity index (χ2v) is 6.28. The highest BCUT2D eigenvalue weighted by atomic mass is 16.5. The van der Waals surface area contributed by atoms with Gasteiger partial charge in [-0.3, -0.25) is 0 Å². The van der Waals surface area contributed by atoms with Gasteiger partial charge in [0.25, 0.3) is 0 Å². The molecule has 0 spiro atoms. The molecule has 1 aliphatic rings. The smallest absolute Gasteiger partial charge is 0.227 e. The highest BCUT2D eigenvalue weighted by molar-refractivity contribution is 5.06. The molecule has 1 aromatic heterocycles. The van der Waals surface area contributed by atoms with Crippen molar-refractivity contribution in [1.29, 1.82) is 0 Å². The molecule has 0 aliphatic heterocycles. The zero-order valence-electron chi connectivity index (χ0n) is 12.9. The number of hydrogen-bond donors (Lipinski definition) is 1. The van der Waals surface area contributed by atoms with Gasteiger partial charge in [0.15, 0.2) is 5.82 Å². The summed E-state index contributed by atoms with van der Waals surface area (Å²) in [7, 11) is 1.71. The molecule has 1 fully saturated rings. The van der Waals surface area contributed by atoms with Gasteiger partial charge in [-0.15, -0.1) is 0 Å². The molecule has 0 bridgehead atoms. The van der Waals surface area contributed by atoms with Crippen LogP contribution in [0.1, 0.15) is 57.7 Å². The van der Waals surface area contributed by atoms with Crippen molar-refractivity contribution in [3.05, 3.63) is 11.7 Å². The monoisotopic (exact) mass is 281 g/mol. The number of aromatic nitrogens is 2. The Kier molecular flexibility index (Phi) is 5.16. The van der Waals surface area contributed by atoms with Crippen LogP contribution in [-0.4, -0.2) is 23.9 Å². The molecular weight excluding hydrogens is 254 g/mol. The van der Waals surface area contributed by atoms with E-state index in [1.807, 2.05) is 0 Å². The van der Waals surface area contributed by atoms with Crippen LogP contribution in [-0.2, 0) is 16.7 Å². The Balaban J connectivity index is 1.97. The van der Waals surface area contributed by atoms with E-state index in [2.05, 4.69) is 24.0 Å². The Hall–Kier alpha value is -0.940. The van der Waals surface area contributed by atoms with Crippen LogP contribution < -0.4 is 5.73 Å². The van der Waals surface area contributed by atoms with Crippen LogP contribution >= 0.6 is 0 Å². The molecule has 1 saturated carbocycles. The van der Waals surface area contributed by atoms with Crippen molar-refractivity contribution in [1.82, 2.24) is 10.1 Å². The van der Waals surface area contributed by atoms with Crippen molar-refractivity contribution in [3.8, 4) is 0 Å². The van der Waals surface area contributed by atoms with Crippen LogP contribution in [0.25, 0.3) is 0 Å². The van der Waals surface area contributed by atoms with Gasteiger partial charge in [0, 0.05) is 20.1 Å². The molecule has 1 atom stereocenters. The van der Waals surface area contributed by atoms with Gasteiger partial charge >= 0.3 is 0 Å². The lowest BCUT2D eigenvalue weighted by Crippen LogP contribution is -2.41. The average Bonchev–Trinajstić information content (AvgIpc) is 2.89. The molecular formula is C15H27N3O2. The lowest BCUT2D eigenvalue weighted by molar-refractivity contribution is 0.154. The highest BCUT2D eigenvalue weighted by Crippen LogP contribution is 2.37. The van der Waals surface area contributed by atoms with E-state index in [4.69, 9.17) is 15.0 Å². The summed E-state index contributed by atoms with van der Waals surface area (Å²) in [6.45, 7) is 5.06. The van der Waals surface area contributed by atoms with E-state index >= 15 is 0 Å². The second kappa shape index (κ2) is 6.68. The third-order valence-electron chi connectivity index (χ3n) is 4.46. The highest BCUT2D eigenvalue weighted by Gasteiger charge is 2.36. The van der Waals surface area contributed by atoms with Gasteiger partial charge in [-0.1, -0.05) is 25.4 Å². The molecule has 0 aromatic carbocycles. The predicted molar refractivity (Wildman–Crippen MR) is 77.2 cm³/mol. The summed E-state index contributed by atoms with van der Waals surface area (Å²) in [5, 5.41) is 4.12. The van der Waals surface area contributed by atoms with Crippen LogP contribution in [0.2, 0.25) is 0 Å². The number of rotatable bonds is 6. The summed E-state index contributed by atoms with van der Waals surface area (Å²) in [6.07, 6.45) is 6.22. The van der Waals surface area contributed by atoms with E-state index < -0.39 is 5.54 Å². The van der Waals surface area contributed by atoms with Gasteiger partial charge in [0.2, 0.25) is 5.89 Å². The van der Waals surface area contributed by atoms with Gasteiger partial charge < -0.3 is 15.0 Å². The van der Waals surface area contributed by atoms with E-state index in [-0.39, 0.29) is 0 Å². The van der Waals surface area contributed by atoms with Crippen molar-refractivity contribution in [2.75, 3.05) is 13.7 Å². The van der Waals surface area contributed by atoms with Gasteiger partial charge in [-0.25, -0.2) is 0 Å². The standard InChI is InChI=1S/C15H27N3O2/c1-4-12-5-7-15(16,8-6-12)14-17-13(20-18-14)9-11(2)10-19-3/h11-12H,4-10,16H2,1-3H3. The third kappa shape index (κ3) is 3.58. The first-order valence-corrected chi connectivity index (χ1v) is 7.68. The van der Waals surface area contributed by atoms with Gasteiger partial charge in [-0.05, 0) is 37.5 Å². The Labute approximate surface area is 121 Å². The molecule has 5 heteroatoms. The first-order chi connectivity index (χ1) is 9.57. The first kappa shape index (κ1) is 15.4. The maximum Gasteiger partial charge on any atom is 0.227 e. The van der Waals surface area contributed by atoms with Crippen molar-refractivity contribution >= 4 is 0 Å². The fourth-order valence-electron chi connectivity index (χ4n) is 3.01. The summed E-state index contributed by atoms with van der Waals surface area (Å²) in [5.41, 5.74) is 6.10. The minimum absolute atomic E-state index is 0.373. The molecule has 0 amide bonds. The summed E-state index contributed by atoms with van der Waals surface area (Å²) in [6, 6.07) is 0. The van der Waals surface area contributed by atoms with Crippen molar-refractivity contribution in [2.24, 2.45) is 17.6 Å². The van der Waals surface area contributed by atoms with E-state index in [0.29, 0.717) is 24.2 Å². The Morgan fingerprint density at radius 2 is 2.15 bits per heavy atom. The quantitative estimate of drug-likeness (QED) is 0.867. The van der Waals surface area contributed by atoms with E-state index in [1.54, 1.807) is 7.11 Å². The molecule has 20 heavy (non-hydrogen) atoms. The average molecular weight is 281 g/mol. The summed E-state index contributed by atoms with van der Waals surface area (Å²) in [4.78, 5) is 4.52. The molecule has 114 valence electrons. The third-order valence-corrected chi connectivity index (χ3v) is 4.46. The van der Waals surface area contributed by atoms with Crippen LogP contribution in [0.5, 0.6) is 0 Å². The molecule has 1 aliphatic carbocycles. The summed E-state index contributed by atoms with van der Waals surface area (Å²) >= 11 is 0. The summed E-state index contributed by atoms with van der Waals surface area (Å²) in [5.74, 6) is 2.54. The summed E-state index contributed by atoms with van der Waals surface area (Å²) < 4.78 is 10.5. The minimum atomic E-state index is -0.391. The maximum absolute atomic E-state index is 6.49. The predicted octanol–water partition coefficient (Wildman–Crippen LogP) is 2.65. The minimum Gasteiger partial charge on any atom is -0.384 e. The zero-order valence-corrected chi connectivity index (χ0v) is 12.9. The van der Waals surface area contributed by atoms with Gasteiger partial charge in [0.1, 0.15) is 0 Å². The lowest BCUT2D eigenvalue weighted by Gasteiger charge is -2.34. The molecule has 1 aromatic rings. The molecule has 5 nitrogen and oxygen atoms in total. The fraction of sp³-hybridized carbons (Fsp3) is 0.867. The largest absolute Gasteiger partial charge is 0.384 e. The van der Waals surface area contributed by atoms with Crippen molar-refractivity contribution < 1.29 is 9.26 Å². The van der Waals surface area contributed by atoms with Crippen LogP contribution in [0.3, 0.4) is 0 Å². The first-order valence-electron chi connectivity index (χ1n) is 7.68. The molecule has 1 unspecified atom stereocenters. The van der Waals surface area contributed by atoms with Gasteiger partial charge in [-0.2, -0.15) is 4.98 Å².